The molecule has 0 aromatic carbocycles. The van der Waals surface area contributed by atoms with Crippen molar-refractivity contribution >= 4 is 23.5 Å². The number of hydrogen-bond donors (Lipinski definition) is 0. The zero-order valence-electron chi connectivity index (χ0n) is 7.90. The molecule has 1 rings (SSSR count). The molecule has 0 radical (unpaired) electrons. The fourth-order valence-corrected chi connectivity index (χ4v) is 1.91. The highest BCUT2D eigenvalue weighted by Crippen LogP contribution is 2.27. The van der Waals surface area contributed by atoms with Crippen molar-refractivity contribution in [2.45, 2.75) is 12.5 Å². The first-order valence-corrected chi connectivity index (χ1v) is 4.59. The van der Waals surface area contributed by atoms with Crippen LogP contribution in [0.15, 0.2) is 12.7 Å². The molecule has 2 atom stereocenters. The minimum absolute atomic E-state index is 0.0460. The van der Waals surface area contributed by atoms with E-state index in [0.29, 0.717) is 6.42 Å². The number of carbonyl (C=O) groups is 2. The Kier molecular flexibility index (Phi) is 3.66. The molecular formula is C9H12ClNO3. The lowest BCUT2D eigenvalue weighted by atomic mass is 9.96. The first-order chi connectivity index (χ1) is 6.61. The minimum atomic E-state index is -0.674. The maximum atomic E-state index is 11.4. The van der Waals surface area contributed by atoms with Crippen molar-refractivity contribution in [1.29, 1.82) is 0 Å². The number of hydrogen-bond acceptors (Lipinski definition) is 4. The van der Waals surface area contributed by atoms with E-state index < -0.39 is 17.9 Å². The monoisotopic (exact) mass is 217 g/mol. The molecule has 0 N–H and O–H groups in total. The Hall–Kier alpha value is -0.870. The molecule has 0 spiro atoms. The van der Waals surface area contributed by atoms with Gasteiger partial charge >= 0.3 is 5.97 Å². The highest BCUT2D eigenvalue weighted by atomic mass is 35.5. The van der Waals surface area contributed by atoms with Gasteiger partial charge in [0.1, 0.15) is 6.04 Å². The van der Waals surface area contributed by atoms with Crippen LogP contribution in [-0.4, -0.2) is 35.9 Å². The van der Waals surface area contributed by atoms with Crippen LogP contribution in [-0.2, 0) is 14.3 Å². The maximum absolute atomic E-state index is 11.4. The van der Waals surface area contributed by atoms with Crippen molar-refractivity contribution in [2.24, 2.45) is 5.92 Å². The predicted octanol–water partition coefficient (Wildman–Crippen LogP) is 0.759. The van der Waals surface area contributed by atoms with Crippen molar-refractivity contribution in [3.05, 3.63) is 12.7 Å². The number of allylic oxidation sites excluding steroid dienone is 1. The fourth-order valence-electron chi connectivity index (χ4n) is 1.58. The summed E-state index contributed by atoms with van der Waals surface area (Å²) in [7, 11) is 1.28. The summed E-state index contributed by atoms with van der Waals surface area (Å²) in [5.41, 5.74) is 0. The zero-order valence-corrected chi connectivity index (χ0v) is 8.66. The van der Waals surface area contributed by atoms with Gasteiger partial charge in [-0.15, -0.1) is 6.58 Å². The number of methoxy groups -OCH3 is 1. The van der Waals surface area contributed by atoms with Gasteiger partial charge in [0, 0.05) is 0 Å². The van der Waals surface area contributed by atoms with E-state index in [-0.39, 0.29) is 12.3 Å². The SMILES string of the molecule is C=CCC1C(=O)CN(Cl)[C@@H]1C(=O)OC. The summed E-state index contributed by atoms with van der Waals surface area (Å²) in [6.45, 7) is 3.62. The van der Waals surface area contributed by atoms with Crippen molar-refractivity contribution in [1.82, 2.24) is 4.42 Å². The van der Waals surface area contributed by atoms with Gasteiger partial charge in [-0.25, -0.2) is 0 Å². The van der Waals surface area contributed by atoms with Crippen LogP contribution in [0.1, 0.15) is 6.42 Å². The topological polar surface area (TPSA) is 46.6 Å². The number of halogens is 1. The van der Waals surface area contributed by atoms with Crippen LogP contribution in [0, 0.1) is 5.92 Å². The summed E-state index contributed by atoms with van der Waals surface area (Å²) in [6.07, 6.45) is 2.05. The number of esters is 1. The standard InChI is InChI=1S/C9H12ClNO3/c1-3-4-6-7(12)5-11(10)8(6)9(13)14-2/h3,6,8H,1,4-5H2,2H3/t6?,8-/m0/s1. The molecule has 5 heteroatoms. The van der Waals surface area contributed by atoms with Crippen LogP contribution < -0.4 is 0 Å². The molecule has 1 aliphatic rings. The Labute approximate surface area is 87.6 Å². The van der Waals surface area contributed by atoms with Gasteiger partial charge in [0.2, 0.25) is 0 Å². The van der Waals surface area contributed by atoms with E-state index in [9.17, 15) is 9.59 Å². The average Bonchev–Trinajstić information content (AvgIpc) is 2.42. The Balaban J connectivity index is 2.82. The lowest BCUT2D eigenvalue weighted by molar-refractivity contribution is -0.146. The molecule has 14 heavy (non-hydrogen) atoms. The molecule has 1 unspecified atom stereocenters. The van der Waals surface area contributed by atoms with Crippen molar-refractivity contribution in [3.8, 4) is 0 Å². The van der Waals surface area contributed by atoms with Gasteiger partial charge in [0.05, 0.1) is 19.6 Å². The highest BCUT2D eigenvalue weighted by molar-refractivity contribution is 6.18. The molecule has 0 bridgehead atoms. The number of ether oxygens (including phenoxy) is 1. The quantitative estimate of drug-likeness (QED) is 0.398. The van der Waals surface area contributed by atoms with E-state index in [2.05, 4.69) is 11.3 Å². The third kappa shape index (κ3) is 1.96. The first kappa shape index (κ1) is 11.2. The zero-order chi connectivity index (χ0) is 10.7. The predicted molar refractivity (Wildman–Crippen MR) is 51.7 cm³/mol. The summed E-state index contributed by atoms with van der Waals surface area (Å²) in [5.74, 6) is -0.939. The molecule has 0 amide bonds. The third-order valence-corrected chi connectivity index (χ3v) is 2.60. The van der Waals surface area contributed by atoms with Gasteiger partial charge in [-0.1, -0.05) is 6.08 Å². The van der Waals surface area contributed by atoms with Crippen molar-refractivity contribution in [2.75, 3.05) is 13.7 Å². The Morgan fingerprint density at radius 2 is 2.50 bits per heavy atom. The van der Waals surface area contributed by atoms with Gasteiger partial charge in [0.25, 0.3) is 0 Å². The lowest BCUT2D eigenvalue weighted by Gasteiger charge is -2.17. The van der Waals surface area contributed by atoms with E-state index in [1.54, 1.807) is 6.08 Å². The third-order valence-electron chi connectivity index (χ3n) is 2.27. The van der Waals surface area contributed by atoms with Crippen LogP contribution in [0.25, 0.3) is 0 Å². The summed E-state index contributed by atoms with van der Waals surface area (Å²) >= 11 is 5.75. The van der Waals surface area contributed by atoms with Crippen LogP contribution >= 0.6 is 11.8 Å². The fraction of sp³-hybridized carbons (Fsp3) is 0.556. The number of ketones is 1. The van der Waals surface area contributed by atoms with Gasteiger partial charge < -0.3 is 4.74 Å². The summed E-state index contributed by atoms with van der Waals surface area (Å²) in [6, 6.07) is -0.674. The smallest absolute Gasteiger partial charge is 0.325 e. The maximum Gasteiger partial charge on any atom is 0.325 e. The molecule has 0 aromatic rings. The summed E-state index contributed by atoms with van der Waals surface area (Å²) in [5, 5.41) is 0. The normalized spacial score (nSPS) is 27.7. The van der Waals surface area contributed by atoms with Crippen LogP contribution in [0.3, 0.4) is 0 Å². The molecule has 0 saturated carbocycles. The molecule has 4 nitrogen and oxygen atoms in total. The van der Waals surface area contributed by atoms with E-state index in [4.69, 9.17) is 11.8 Å². The van der Waals surface area contributed by atoms with Gasteiger partial charge in [0.15, 0.2) is 5.78 Å². The largest absolute Gasteiger partial charge is 0.468 e. The van der Waals surface area contributed by atoms with Gasteiger partial charge in [-0.3, -0.25) is 9.59 Å². The second-order valence-corrected chi connectivity index (χ2v) is 3.56. The molecular weight excluding hydrogens is 206 g/mol. The molecule has 1 fully saturated rings. The van der Waals surface area contributed by atoms with Crippen molar-refractivity contribution in [3.63, 3.8) is 0 Å². The Morgan fingerprint density at radius 3 is 3.00 bits per heavy atom. The average molecular weight is 218 g/mol. The molecule has 1 heterocycles. The van der Waals surface area contributed by atoms with Crippen LogP contribution in [0.2, 0.25) is 0 Å². The molecule has 78 valence electrons. The Morgan fingerprint density at radius 1 is 1.86 bits per heavy atom. The Bertz CT molecular complexity index is 267. The molecule has 1 aliphatic heterocycles. The van der Waals surface area contributed by atoms with E-state index >= 15 is 0 Å². The van der Waals surface area contributed by atoms with Crippen LogP contribution in [0.4, 0.5) is 0 Å². The number of carbonyl (C=O) groups excluding carboxylic acids is 2. The second-order valence-electron chi connectivity index (χ2n) is 3.12. The first-order valence-electron chi connectivity index (χ1n) is 4.25. The number of nitrogens with zero attached hydrogens (tertiary/aromatic N) is 1. The van der Waals surface area contributed by atoms with Crippen molar-refractivity contribution < 1.29 is 14.3 Å². The van der Waals surface area contributed by atoms with E-state index in [1.807, 2.05) is 0 Å². The highest BCUT2D eigenvalue weighted by Gasteiger charge is 2.44. The summed E-state index contributed by atoms with van der Waals surface area (Å²) in [4.78, 5) is 22.7. The minimum Gasteiger partial charge on any atom is -0.468 e. The second kappa shape index (κ2) is 4.57. The molecule has 0 aromatic heterocycles. The molecule has 1 saturated heterocycles. The van der Waals surface area contributed by atoms with Gasteiger partial charge in [-0.2, -0.15) is 4.42 Å². The summed E-state index contributed by atoms with van der Waals surface area (Å²) < 4.78 is 5.77. The van der Waals surface area contributed by atoms with Gasteiger partial charge in [-0.05, 0) is 18.2 Å². The van der Waals surface area contributed by atoms with Crippen LogP contribution in [0.5, 0.6) is 0 Å². The number of Topliss-reactive ketones (excluding diaryl/α,β-unsaturated/α-hetero) is 1. The molecule has 0 aliphatic carbocycles. The van der Waals surface area contributed by atoms with E-state index in [0.717, 1.165) is 0 Å². The van der Waals surface area contributed by atoms with E-state index in [1.165, 1.54) is 11.5 Å². The lowest BCUT2D eigenvalue weighted by Crippen LogP contribution is -2.35. The number of rotatable bonds is 3.